The van der Waals surface area contributed by atoms with Crippen LogP contribution in [0.3, 0.4) is 0 Å². The van der Waals surface area contributed by atoms with E-state index in [1.807, 2.05) is 6.07 Å². The van der Waals surface area contributed by atoms with Crippen molar-refractivity contribution in [2.45, 2.75) is 39.2 Å². The molecule has 1 atom stereocenters. The second-order valence-corrected chi connectivity index (χ2v) is 4.66. The zero-order valence-electron chi connectivity index (χ0n) is 11.1. The molecule has 19 heavy (non-hydrogen) atoms. The minimum atomic E-state index is -1.28. The summed E-state index contributed by atoms with van der Waals surface area (Å²) < 4.78 is 4.84. The lowest BCUT2D eigenvalue weighted by Gasteiger charge is -2.07. The molecule has 0 spiro atoms. The van der Waals surface area contributed by atoms with Crippen LogP contribution in [0.25, 0.3) is 0 Å². The van der Waals surface area contributed by atoms with Gasteiger partial charge in [0.1, 0.15) is 0 Å². The molecule has 4 nitrogen and oxygen atoms in total. The van der Waals surface area contributed by atoms with Crippen LogP contribution in [0.1, 0.15) is 53.0 Å². The molecule has 2 rings (SSSR count). The Morgan fingerprint density at radius 3 is 2.63 bits per heavy atom. The van der Waals surface area contributed by atoms with Gasteiger partial charge in [-0.25, -0.2) is 0 Å². The van der Waals surface area contributed by atoms with Crippen LogP contribution in [0.5, 0.6) is 0 Å². The highest BCUT2D eigenvalue weighted by molar-refractivity contribution is 6.29. The summed E-state index contributed by atoms with van der Waals surface area (Å²) >= 11 is 0. The van der Waals surface area contributed by atoms with Gasteiger partial charge in [-0.15, -0.1) is 0 Å². The fraction of sp³-hybridized carbons (Fsp3) is 0.400. The third-order valence-electron chi connectivity index (χ3n) is 3.22. The highest BCUT2D eigenvalue weighted by Crippen LogP contribution is 2.28. The van der Waals surface area contributed by atoms with Crippen LogP contribution in [0.4, 0.5) is 0 Å². The summed E-state index contributed by atoms with van der Waals surface area (Å²) in [6.07, 6.45) is 1.44. The maximum atomic E-state index is 12.2. The number of ether oxygens (including phenoxy) is 1. The summed E-state index contributed by atoms with van der Waals surface area (Å²) in [6, 6.07) is 5.25. The van der Waals surface area contributed by atoms with E-state index in [-0.39, 0.29) is 5.78 Å². The van der Waals surface area contributed by atoms with Gasteiger partial charge in [0, 0.05) is 18.1 Å². The Balaban J connectivity index is 2.38. The van der Waals surface area contributed by atoms with Crippen molar-refractivity contribution in [2.24, 2.45) is 0 Å². The van der Waals surface area contributed by atoms with E-state index in [0.717, 1.165) is 24.8 Å². The molecule has 1 unspecified atom stereocenters. The molecule has 0 aliphatic heterocycles. The Bertz CT molecular complexity index is 545. The molecule has 0 radical (unpaired) electrons. The van der Waals surface area contributed by atoms with Gasteiger partial charge in [0.25, 0.3) is 0 Å². The van der Waals surface area contributed by atoms with Gasteiger partial charge in [-0.05, 0) is 18.4 Å². The summed E-state index contributed by atoms with van der Waals surface area (Å²) in [4.78, 5) is 35.3. The van der Waals surface area contributed by atoms with Gasteiger partial charge in [-0.3, -0.25) is 14.4 Å². The molecule has 0 fully saturated rings. The van der Waals surface area contributed by atoms with Gasteiger partial charge < -0.3 is 4.74 Å². The number of benzene rings is 1. The number of aryl methyl sites for hydroxylation is 1. The van der Waals surface area contributed by atoms with Crippen molar-refractivity contribution in [3.63, 3.8) is 0 Å². The highest BCUT2D eigenvalue weighted by Gasteiger charge is 2.42. The van der Waals surface area contributed by atoms with Gasteiger partial charge >= 0.3 is 5.97 Å². The number of rotatable bonds is 4. The smallest absolute Gasteiger partial charge is 0.303 e. The molecular formula is C15H16O4. The molecule has 4 heteroatoms. The van der Waals surface area contributed by atoms with E-state index in [0.29, 0.717) is 11.1 Å². The van der Waals surface area contributed by atoms with Crippen molar-refractivity contribution in [1.82, 2.24) is 0 Å². The van der Waals surface area contributed by atoms with Gasteiger partial charge in [0.05, 0.1) is 0 Å². The van der Waals surface area contributed by atoms with Crippen molar-refractivity contribution < 1.29 is 19.1 Å². The van der Waals surface area contributed by atoms with E-state index in [1.54, 1.807) is 12.1 Å². The topological polar surface area (TPSA) is 60.4 Å². The molecule has 0 saturated carbocycles. The van der Waals surface area contributed by atoms with Crippen LogP contribution in [0, 0.1) is 0 Å². The van der Waals surface area contributed by atoms with Gasteiger partial charge in [0.2, 0.25) is 17.7 Å². The Hall–Kier alpha value is -1.97. The Kier molecular flexibility index (Phi) is 3.79. The number of fused-ring (bicyclic) bond motifs is 1. The predicted octanol–water partition coefficient (Wildman–Crippen LogP) is 2.34. The van der Waals surface area contributed by atoms with Gasteiger partial charge in [-0.1, -0.05) is 31.5 Å². The lowest BCUT2D eigenvalue weighted by Crippen LogP contribution is -2.27. The normalized spacial score (nSPS) is 17.5. The average Bonchev–Trinajstić information content (AvgIpc) is 2.62. The number of Topliss-reactive ketones (excluding diaryl/α,β-unsaturated/α-hetero) is 2. The lowest BCUT2D eigenvalue weighted by molar-refractivity contribution is -0.142. The number of unbranched alkanes of at least 4 members (excludes halogenated alkanes) is 1. The zero-order chi connectivity index (χ0) is 14.0. The molecule has 1 aliphatic rings. The first-order valence-corrected chi connectivity index (χ1v) is 6.43. The third-order valence-corrected chi connectivity index (χ3v) is 3.22. The van der Waals surface area contributed by atoms with Crippen LogP contribution in [-0.4, -0.2) is 23.6 Å². The Labute approximate surface area is 111 Å². The van der Waals surface area contributed by atoms with Crippen LogP contribution in [-0.2, 0) is 16.0 Å². The van der Waals surface area contributed by atoms with E-state index in [9.17, 15) is 14.4 Å². The Morgan fingerprint density at radius 1 is 1.26 bits per heavy atom. The van der Waals surface area contributed by atoms with Gasteiger partial charge in [-0.2, -0.15) is 0 Å². The molecule has 0 saturated heterocycles. The highest BCUT2D eigenvalue weighted by atomic mass is 16.5. The van der Waals surface area contributed by atoms with Crippen molar-refractivity contribution in [3.8, 4) is 0 Å². The number of hydrogen-bond acceptors (Lipinski definition) is 4. The quantitative estimate of drug-likeness (QED) is 0.616. The van der Waals surface area contributed by atoms with Crippen molar-refractivity contribution in [2.75, 3.05) is 0 Å². The number of hydrogen-bond donors (Lipinski definition) is 0. The third kappa shape index (κ3) is 2.43. The molecular weight excluding hydrogens is 244 g/mol. The van der Waals surface area contributed by atoms with E-state index >= 15 is 0 Å². The number of esters is 1. The zero-order valence-corrected chi connectivity index (χ0v) is 11.1. The monoisotopic (exact) mass is 260 g/mol. The minimum absolute atomic E-state index is 0.379. The summed E-state index contributed by atoms with van der Waals surface area (Å²) in [5.41, 5.74) is 1.68. The fourth-order valence-corrected chi connectivity index (χ4v) is 2.34. The van der Waals surface area contributed by atoms with E-state index < -0.39 is 17.9 Å². The SMILES string of the molecule is CCCCc1cccc2c1C(=O)C(OC(C)=O)C2=O. The minimum Gasteiger partial charge on any atom is -0.446 e. The lowest BCUT2D eigenvalue weighted by atomic mass is 9.98. The average molecular weight is 260 g/mol. The first-order valence-electron chi connectivity index (χ1n) is 6.43. The molecule has 1 aliphatic carbocycles. The molecule has 0 heterocycles. The fourth-order valence-electron chi connectivity index (χ4n) is 2.34. The van der Waals surface area contributed by atoms with Crippen molar-refractivity contribution >= 4 is 17.5 Å². The van der Waals surface area contributed by atoms with Crippen molar-refractivity contribution in [1.29, 1.82) is 0 Å². The standard InChI is InChI=1S/C15H16O4/c1-3-4-6-10-7-5-8-11-12(10)14(18)15(13(11)17)19-9(2)16/h5,7-8,15H,3-4,6H2,1-2H3. The van der Waals surface area contributed by atoms with Crippen LogP contribution in [0.2, 0.25) is 0 Å². The van der Waals surface area contributed by atoms with Crippen LogP contribution in [0.15, 0.2) is 18.2 Å². The molecule has 1 aromatic carbocycles. The first kappa shape index (κ1) is 13.5. The Morgan fingerprint density at radius 2 is 2.00 bits per heavy atom. The maximum absolute atomic E-state index is 12.2. The molecule has 1 aromatic rings. The largest absolute Gasteiger partial charge is 0.446 e. The van der Waals surface area contributed by atoms with E-state index in [4.69, 9.17) is 4.74 Å². The van der Waals surface area contributed by atoms with Gasteiger partial charge in [0.15, 0.2) is 0 Å². The number of carbonyl (C=O) groups excluding carboxylic acids is 3. The molecule has 0 N–H and O–H groups in total. The second kappa shape index (κ2) is 5.34. The first-order chi connectivity index (χ1) is 9.06. The van der Waals surface area contributed by atoms with Crippen LogP contribution < -0.4 is 0 Å². The predicted molar refractivity (Wildman–Crippen MR) is 69.3 cm³/mol. The summed E-state index contributed by atoms with van der Waals surface area (Å²) in [7, 11) is 0. The van der Waals surface area contributed by atoms with E-state index in [2.05, 4.69) is 6.92 Å². The molecule has 0 amide bonds. The summed E-state index contributed by atoms with van der Waals surface area (Å²) in [5.74, 6) is -1.41. The summed E-state index contributed by atoms with van der Waals surface area (Å²) in [5, 5.41) is 0. The molecule has 100 valence electrons. The van der Waals surface area contributed by atoms with E-state index in [1.165, 1.54) is 6.92 Å². The molecule has 0 bridgehead atoms. The maximum Gasteiger partial charge on any atom is 0.303 e. The van der Waals surface area contributed by atoms with Crippen molar-refractivity contribution in [3.05, 3.63) is 34.9 Å². The van der Waals surface area contributed by atoms with Crippen LogP contribution >= 0.6 is 0 Å². The summed E-state index contributed by atoms with van der Waals surface area (Å²) in [6.45, 7) is 3.26. The molecule has 0 aromatic heterocycles. The second-order valence-electron chi connectivity index (χ2n) is 4.66. The number of ketones is 2. The number of carbonyl (C=O) groups is 3.